The summed E-state index contributed by atoms with van der Waals surface area (Å²) in [4.78, 5) is 22.9. The van der Waals surface area contributed by atoms with Gasteiger partial charge in [-0.25, -0.2) is 4.79 Å². The van der Waals surface area contributed by atoms with Crippen LogP contribution in [-0.4, -0.2) is 35.1 Å². The summed E-state index contributed by atoms with van der Waals surface area (Å²) in [5, 5.41) is 15.2. The van der Waals surface area contributed by atoms with Crippen molar-refractivity contribution in [3.8, 4) is 0 Å². The molecule has 0 aromatic rings. The number of carbonyl (C=O) groups is 2. The smallest absolute Gasteiger partial charge is 0.329 e. The highest BCUT2D eigenvalue weighted by molar-refractivity contribution is 5.87. The minimum atomic E-state index is -0.961. The molecule has 0 spiro atoms. The third-order valence-electron chi connectivity index (χ3n) is 4.13. The Morgan fingerprint density at radius 1 is 1.28 bits per heavy atom. The van der Waals surface area contributed by atoms with Gasteiger partial charge < -0.3 is 15.7 Å². The molecule has 1 aliphatic carbocycles. The monoisotopic (exact) mass is 254 g/mol. The summed E-state index contributed by atoms with van der Waals surface area (Å²) in [6.07, 6.45) is 6.80. The van der Waals surface area contributed by atoms with Gasteiger partial charge in [-0.2, -0.15) is 0 Å². The number of carboxylic acids is 1. The van der Waals surface area contributed by atoms with E-state index >= 15 is 0 Å². The van der Waals surface area contributed by atoms with Crippen molar-refractivity contribution < 1.29 is 14.7 Å². The predicted octanol–water partition coefficient (Wildman–Crippen LogP) is 1.03. The van der Waals surface area contributed by atoms with Crippen molar-refractivity contribution in [3.63, 3.8) is 0 Å². The second-order valence-corrected chi connectivity index (χ2v) is 5.47. The molecule has 0 aromatic heterocycles. The first-order valence-electron chi connectivity index (χ1n) is 6.90. The number of rotatable bonds is 5. The molecule has 1 saturated heterocycles. The molecule has 0 aromatic carbocycles. The Balaban J connectivity index is 1.73. The predicted molar refractivity (Wildman–Crippen MR) is 67.2 cm³/mol. The lowest BCUT2D eigenvalue weighted by Crippen LogP contribution is -2.59. The number of aliphatic carboxylic acids is 1. The zero-order chi connectivity index (χ0) is 13.0. The molecule has 5 heteroatoms. The minimum absolute atomic E-state index is 0.121. The summed E-state index contributed by atoms with van der Waals surface area (Å²) in [6, 6.07) is 0.423. The second kappa shape index (κ2) is 5.69. The van der Waals surface area contributed by atoms with Crippen LogP contribution >= 0.6 is 0 Å². The van der Waals surface area contributed by atoms with Gasteiger partial charge in [0.05, 0.1) is 0 Å². The summed E-state index contributed by atoms with van der Waals surface area (Å²) >= 11 is 0. The van der Waals surface area contributed by atoms with Crippen LogP contribution in [0.2, 0.25) is 0 Å². The van der Waals surface area contributed by atoms with Gasteiger partial charge in [0.2, 0.25) is 5.91 Å². The average Bonchev–Trinajstić information content (AvgIpc) is 2.32. The molecule has 5 nitrogen and oxygen atoms in total. The van der Waals surface area contributed by atoms with Crippen LogP contribution in [0.5, 0.6) is 0 Å². The lowest BCUT2D eigenvalue weighted by molar-refractivity contribution is -0.151. The topological polar surface area (TPSA) is 78.4 Å². The zero-order valence-corrected chi connectivity index (χ0v) is 10.7. The van der Waals surface area contributed by atoms with E-state index in [9.17, 15) is 9.59 Å². The lowest BCUT2D eigenvalue weighted by atomic mass is 9.76. The maximum Gasteiger partial charge on any atom is 0.329 e. The van der Waals surface area contributed by atoms with E-state index in [-0.39, 0.29) is 5.91 Å². The second-order valence-electron chi connectivity index (χ2n) is 5.47. The van der Waals surface area contributed by atoms with Gasteiger partial charge in [0, 0.05) is 12.5 Å². The first kappa shape index (κ1) is 13.3. The van der Waals surface area contributed by atoms with E-state index in [2.05, 4.69) is 10.6 Å². The number of piperidine rings is 1. The van der Waals surface area contributed by atoms with Crippen LogP contribution in [0.25, 0.3) is 0 Å². The average molecular weight is 254 g/mol. The van der Waals surface area contributed by atoms with Crippen LogP contribution < -0.4 is 10.6 Å². The quantitative estimate of drug-likeness (QED) is 0.685. The maximum atomic E-state index is 11.8. The molecule has 1 heterocycles. The molecule has 1 aliphatic heterocycles. The first-order chi connectivity index (χ1) is 8.62. The Morgan fingerprint density at radius 3 is 2.56 bits per heavy atom. The van der Waals surface area contributed by atoms with Crippen molar-refractivity contribution in [3.05, 3.63) is 0 Å². The van der Waals surface area contributed by atoms with Gasteiger partial charge in [0.1, 0.15) is 5.54 Å². The van der Waals surface area contributed by atoms with Crippen LogP contribution in [0.4, 0.5) is 0 Å². The summed E-state index contributed by atoms with van der Waals surface area (Å²) in [7, 11) is 0. The molecule has 1 unspecified atom stereocenters. The molecule has 18 heavy (non-hydrogen) atoms. The Bertz CT molecular complexity index is 320. The van der Waals surface area contributed by atoms with Crippen molar-refractivity contribution in [2.24, 2.45) is 0 Å². The lowest BCUT2D eigenvalue weighted by Gasteiger charge is -2.38. The highest BCUT2D eigenvalue weighted by atomic mass is 16.4. The van der Waals surface area contributed by atoms with Gasteiger partial charge in [-0.1, -0.05) is 6.42 Å². The number of amides is 1. The number of hydrogen-bond donors (Lipinski definition) is 3. The molecule has 2 rings (SSSR count). The van der Waals surface area contributed by atoms with E-state index in [1.54, 1.807) is 0 Å². The molecule has 0 radical (unpaired) electrons. The molecule has 2 fully saturated rings. The standard InChI is InChI=1S/C13H22N2O3/c16-11(6-5-10-4-1-2-9-14-10)15-13(12(17)18)7-3-8-13/h10,14H,1-9H2,(H,15,16)(H,17,18). The fraction of sp³-hybridized carbons (Fsp3) is 0.846. The van der Waals surface area contributed by atoms with Crippen LogP contribution in [0.15, 0.2) is 0 Å². The number of carbonyl (C=O) groups excluding carboxylic acids is 1. The van der Waals surface area contributed by atoms with E-state index in [0.717, 1.165) is 25.8 Å². The maximum absolute atomic E-state index is 11.8. The normalized spacial score (nSPS) is 26.1. The first-order valence-corrected chi connectivity index (χ1v) is 6.90. The SMILES string of the molecule is O=C(CCC1CCCCN1)NC1(C(=O)O)CCC1. The van der Waals surface area contributed by atoms with Crippen LogP contribution in [-0.2, 0) is 9.59 Å². The summed E-state index contributed by atoms with van der Waals surface area (Å²) in [5.41, 5.74) is -0.961. The van der Waals surface area contributed by atoms with Gasteiger partial charge in [-0.3, -0.25) is 4.79 Å². The van der Waals surface area contributed by atoms with E-state index in [0.29, 0.717) is 25.3 Å². The fourth-order valence-electron chi connectivity index (χ4n) is 2.73. The van der Waals surface area contributed by atoms with Crippen LogP contribution in [0.1, 0.15) is 51.4 Å². The Hall–Kier alpha value is -1.10. The molecule has 1 saturated carbocycles. The Morgan fingerprint density at radius 2 is 2.06 bits per heavy atom. The van der Waals surface area contributed by atoms with Crippen LogP contribution in [0.3, 0.4) is 0 Å². The van der Waals surface area contributed by atoms with Gasteiger partial charge in [-0.05, 0) is 45.1 Å². The fourth-order valence-corrected chi connectivity index (χ4v) is 2.73. The largest absolute Gasteiger partial charge is 0.480 e. The van der Waals surface area contributed by atoms with Crippen molar-refractivity contribution in [2.75, 3.05) is 6.54 Å². The molecule has 1 amide bonds. The van der Waals surface area contributed by atoms with E-state index in [1.807, 2.05) is 0 Å². The summed E-state index contributed by atoms with van der Waals surface area (Å²) < 4.78 is 0. The molecule has 102 valence electrons. The van der Waals surface area contributed by atoms with Gasteiger partial charge in [0.15, 0.2) is 0 Å². The summed E-state index contributed by atoms with van der Waals surface area (Å²) in [6.45, 7) is 1.03. The van der Waals surface area contributed by atoms with Crippen LogP contribution in [0, 0.1) is 0 Å². The third-order valence-corrected chi connectivity index (χ3v) is 4.13. The van der Waals surface area contributed by atoms with Crippen molar-refractivity contribution >= 4 is 11.9 Å². The molecule has 2 aliphatic rings. The molecule has 0 bridgehead atoms. The van der Waals surface area contributed by atoms with Crippen molar-refractivity contribution in [2.45, 2.75) is 62.9 Å². The molecule has 1 atom stereocenters. The third kappa shape index (κ3) is 3.02. The molecular formula is C13H22N2O3. The molecule has 3 N–H and O–H groups in total. The Labute approximate surface area is 107 Å². The zero-order valence-electron chi connectivity index (χ0n) is 10.7. The number of nitrogens with one attached hydrogen (secondary N) is 2. The van der Waals surface area contributed by atoms with E-state index in [1.165, 1.54) is 12.8 Å². The Kier molecular flexibility index (Phi) is 4.22. The van der Waals surface area contributed by atoms with Crippen molar-refractivity contribution in [1.29, 1.82) is 0 Å². The number of carboxylic acid groups (broad SMARTS) is 1. The van der Waals surface area contributed by atoms with Gasteiger partial charge >= 0.3 is 5.97 Å². The van der Waals surface area contributed by atoms with Gasteiger partial charge in [0.25, 0.3) is 0 Å². The highest BCUT2D eigenvalue weighted by Crippen LogP contribution is 2.32. The van der Waals surface area contributed by atoms with Crippen molar-refractivity contribution in [1.82, 2.24) is 10.6 Å². The minimum Gasteiger partial charge on any atom is -0.480 e. The van der Waals surface area contributed by atoms with Gasteiger partial charge in [-0.15, -0.1) is 0 Å². The van der Waals surface area contributed by atoms with E-state index in [4.69, 9.17) is 5.11 Å². The van der Waals surface area contributed by atoms with E-state index < -0.39 is 11.5 Å². The molecular weight excluding hydrogens is 232 g/mol. The summed E-state index contributed by atoms with van der Waals surface area (Å²) in [5.74, 6) is -1.01. The highest BCUT2D eigenvalue weighted by Gasteiger charge is 2.45. The number of hydrogen-bond acceptors (Lipinski definition) is 3.